The predicted molar refractivity (Wildman–Crippen MR) is 80.5 cm³/mol. The van der Waals surface area contributed by atoms with Crippen LogP contribution in [0.25, 0.3) is 0 Å². The van der Waals surface area contributed by atoms with Gasteiger partial charge in [-0.15, -0.1) is 0 Å². The van der Waals surface area contributed by atoms with Crippen LogP contribution in [0.3, 0.4) is 0 Å². The summed E-state index contributed by atoms with van der Waals surface area (Å²) in [5.74, 6) is -0.300. The van der Waals surface area contributed by atoms with Gasteiger partial charge in [0, 0.05) is 23.5 Å². The van der Waals surface area contributed by atoms with E-state index < -0.39 is 0 Å². The van der Waals surface area contributed by atoms with Crippen molar-refractivity contribution in [2.75, 3.05) is 6.54 Å². The van der Waals surface area contributed by atoms with Crippen LogP contribution in [0.1, 0.15) is 18.1 Å². The van der Waals surface area contributed by atoms with Crippen molar-refractivity contribution in [3.8, 4) is 0 Å². The lowest BCUT2D eigenvalue weighted by Gasteiger charge is -2.18. The molecule has 0 bridgehead atoms. The molecular formula is C16H18ClFN2. The number of nitrogens with one attached hydrogen (secondary N) is 1. The zero-order valence-corrected chi connectivity index (χ0v) is 12.2. The van der Waals surface area contributed by atoms with Gasteiger partial charge in [0.1, 0.15) is 5.82 Å². The van der Waals surface area contributed by atoms with Crippen LogP contribution >= 0.6 is 11.6 Å². The van der Waals surface area contributed by atoms with E-state index in [1.54, 1.807) is 12.3 Å². The van der Waals surface area contributed by atoms with E-state index in [-0.39, 0.29) is 11.9 Å². The van der Waals surface area contributed by atoms with Crippen molar-refractivity contribution in [1.82, 2.24) is 10.3 Å². The Morgan fingerprint density at radius 2 is 2.15 bits per heavy atom. The standard InChI is InChI=1S/C16H18ClFN2/c1-2-20-15(8-12-4-3-7-19-11-12)9-13-5-6-14(18)10-16(13)17/h3-7,10-11,15,20H,2,8-9H2,1H3. The van der Waals surface area contributed by atoms with Gasteiger partial charge in [-0.3, -0.25) is 4.98 Å². The Morgan fingerprint density at radius 1 is 1.30 bits per heavy atom. The zero-order chi connectivity index (χ0) is 14.4. The van der Waals surface area contributed by atoms with E-state index in [2.05, 4.69) is 23.3 Å². The molecule has 1 N–H and O–H groups in total. The number of pyridine rings is 1. The highest BCUT2D eigenvalue weighted by molar-refractivity contribution is 6.31. The Balaban J connectivity index is 2.09. The number of aromatic nitrogens is 1. The molecule has 1 aromatic carbocycles. The second-order valence-corrected chi connectivity index (χ2v) is 5.17. The van der Waals surface area contributed by atoms with E-state index in [1.165, 1.54) is 17.7 Å². The maximum atomic E-state index is 13.1. The monoisotopic (exact) mass is 292 g/mol. The molecule has 4 heteroatoms. The maximum Gasteiger partial charge on any atom is 0.124 e. The lowest BCUT2D eigenvalue weighted by molar-refractivity contribution is 0.520. The number of nitrogens with zero attached hydrogens (tertiary/aromatic N) is 1. The molecule has 0 fully saturated rings. The fourth-order valence-corrected chi connectivity index (χ4v) is 2.51. The summed E-state index contributed by atoms with van der Waals surface area (Å²) in [6.45, 7) is 2.95. The molecular weight excluding hydrogens is 275 g/mol. The second-order valence-electron chi connectivity index (χ2n) is 4.76. The van der Waals surface area contributed by atoms with E-state index in [0.717, 1.165) is 24.9 Å². The molecule has 1 atom stereocenters. The van der Waals surface area contributed by atoms with Gasteiger partial charge in [0.05, 0.1) is 0 Å². The van der Waals surface area contributed by atoms with E-state index in [1.807, 2.05) is 12.3 Å². The molecule has 2 aromatic rings. The van der Waals surface area contributed by atoms with Crippen molar-refractivity contribution in [1.29, 1.82) is 0 Å². The number of hydrogen-bond donors (Lipinski definition) is 1. The molecule has 20 heavy (non-hydrogen) atoms. The van der Waals surface area contributed by atoms with Crippen LogP contribution in [0.15, 0.2) is 42.7 Å². The highest BCUT2D eigenvalue weighted by Crippen LogP contribution is 2.19. The fraction of sp³-hybridized carbons (Fsp3) is 0.312. The van der Waals surface area contributed by atoms with Gasteiger partial charge >= 0.3 is 0 Å². The number of rotatable bonds is 6. The van der Waals surface area contributed by atoms with Crippen LogP contribution in [0.2, 0.25) is 5.02 Å². The van der Waals surface area contributed by atoms with E-state index in [9.17, 15) is 4.39 Å². The molecule has 0 aliphatic rings. The predicted octanol–water partition coefficient (Wildman–Crippen LogP) is 3.64. The topological polar surface area (TPSA) is 24.9 Å². The smallest absolute Gasteiger partial charge is 0.124 e. The van der Waals surface area contributed by atoms with Crippen molar-refractivity contribution in [3.63, 3.8) is 0 Å². The molecule has 106 valence electrons. The molecule has 0 aliphatic heterocycles. The van der Waals surface area contributed by atoms with Crippen LogP contribution < -0.4 is 5.32 Å². The Hall–Kier alpha value is -1.45. The van der Waals surface area contributed by atoms with E-state index in [4.69, 9.17) is 11.6 Å². The first-order valence-corrected chi connectivity index (χ1v) is 7.13. The summed E-state index contributed by atoms with van der Waals surface area (Å²) in [7, 11) is 0. The largest absolute Gasteiger partial charge is 0.314 e. The van der Waals surface area contributed by atoms with Crippen LogP contribution in [-0.4, -0.2) is 17.6 Å². The molecule has 2 rings (SSSR count). The van der Waals surface area contributed by atoms with Gasteiger partial charge in [0.25, 0.3) is 0 Å². The van der Waals surface area contributed by atoms with Gasteiger partial charge in [0.2, 0.25) is 0 Å². The Morgan fingerprint density at radius 3 is 2.80 bits per heavy atom. The third kappa shape index (κ3) is 4.29. The normalized spacial score (nSPS) is 12.3. The van der Waals surface area contributed by atoms with E-state index in [0.29, 0.717) is 5.02 Å². The van der Waals surface area contributed by atoms with Crippen molar-refractivity contribution >= 4 is 11.6 Å². The van der Waals surface area contributed by atoms with Crippen LogP contribution in [0, 0.1) is 5.82 Å². The first kappa shape index (κ1) is 14.9. The molecule has 1 aromatic heterocycles. The minimum absolute atomic E-state index is 0.257. The summed E-state index contributed by atoms with van der Waals surface area (Å²) >= 11 is 6.10. The number of hydrogen-bond acceptors (Lipinski definition) is 2. The summed E-state index contributed by atoms with van der Waals surface area (Å²) < 4.78 is 13.1. The molecule has 2 nitrogen and oxygen atoms in total. The molecule has 0 spiro atoms. The third-order valence-electron chi connectivity index (χ3n) is 3.18. The van der Waals surface area contributed by atoms with Gasteiger partial charge in [0.15, 0.2) is 0 Å². The minimum Gasteiger partial charge on any atom is -0.314 e. The number of halogens is 2. The molecule has 0 radical (unpaired) electrons. The second kappa shape index (κ2) is 7.36. The summed E-state index contributed by atoms with van der Waals surface area (Å²) in [4.78, 5) is 4.13. The van der Waals surface area contributed by atoms with Gasteiger partial charge in [-0.2, -0.15) is 0 Å². The molecule has 1 unspecified atom stereocenters. The lowest BCUT2D eigenvalue weighted by Crippen LogP contribution is -2.33. The zero-order valence-electron chi connectivity index (χ0n) is 11.4. The summed E-state index contributed by atoms with van der Waals surface area (Å²) in [6.07, 6.45) is 5.27. The summed E-state index contributed by atoms with van der Waals surface area (Å²) in [5.41, 5.74) is 2.14. The number of benzene rings is 1. The van der Waals surface area contributed by atoms with Crippen molar-refractivity contribution in [3.05, 3.63) is 64.7 Å². The summed E-state index contributed by atoms with van der Waals surface area (Å²) in [5, 5.41) is 3.93. The molecule has 0 saturated carbocycles. The Bertz CT molecular complexity index is 545. The first-order valence-electron chi connectivity index (χ1n) is 6.75. The highest BCUT2D eigenvalue weighted by Gasteiger charge is 2.12. The fourth-order valence-electron chi connectivity index (χ4n) is 2.26. The average molecular weight is 293 g/mol. The lowest BCUT2D eigenvalue weighted by atomic mass is 9.99. The average Bonchev–Trinajstić information content (AvgIpc) is 2.43. The minimum atomic E-state index is -0.300. The van der Waals surface area contributed by atoms with Crippen molar-refractivity contribution in [2.24, 2.45) is 0 Å². The number of likely N-dealkylation sites (N-methyl/N-ethyl adjacent to an activating group) is 1. The van der Waals surface area contributed by atoms with Gasteiger partial charge in [-0.05, 0) is 48.7 Å². The quantitative estimate of drug-likeness (QED) is 0.879. The summed E-state index contributed by atoms with van der Waals surface area (Å²) in [6, 6.07) is 8.82. The third-order valence-corrected chi connectivity index (χ3v) is 3.53. The molecule has 0 saturated heterocycles. The van der Waals surface area contributed by atoms with E-state index >= 15 is 0 Å². The molecule has 1 heterocycles. The maximum absolute atomic E-state index is 13.1. The van der Waals surface area contributed by atoms with Gasteiger partial charge < -0.3 is 5.32 Å². The van der Waals surface area contributed by atoms with Crippen LogP contribution in [-0.2, 0) is 12.8 Å². The Kier molecular flexibility index (Phi) is 5.50. The van der Waals surface area contributed by atoms with Crippen LogP contribution in [0.5, 0.6) is 0 Å². The molecule has 0 aliphatic carbocycles. The van der Waals surface area contributed by atoms with Crippen LogP contribution in [0.4, 0.5) is 4.39 Å². The molecule has 0 amide bonds. The van der Waals surface area contributed by atoms with Gasteiger partial charge in [-0.25, -0.2) is 4.39 Å². The first-order chi connectivity index (χ1) is 9.69. The SMILES string of the molecule is CCNC(Cc1cccnc1)Cc1ccc(F)cc1Cl. The highest BCUT2D eigenvalue weighted by atomic mass is 35.5. The van der Waals surface area contributed by atoms with Crippen molar-refractivity contribution < 1.29 is 4.39 Å². The Labute approximate surface area is 124 Å². The van der Waals surface area contributed by atoms with Crippen molar-refractivity contribution in [2.45, 2.75) is 25.8 Å². The van der Waals surface area contributed by atoms with Gasteiger partial charge in [-0.1, -0.05) is 30.7 Å².